The second-order valence-electron chi connectivity index (χ2n) is 4.56. The van der Waals surface area contributed by atoms with Crippen molar-refractivity contribution in [2.45, 2.75) is 37.8 Å². The summed E-state index contributed by atoms with van der Waals surface area (Å²) < 4.78 is 5.18. The molecule has 1 amide bonds. The molecule has 4 nitrogen and oxygen atoms in total. The fourth-order valence-corrected chi connectivity index (χ4v) is 2.28. The maximum Gasteiger partial charge on any atom is 0.223 e. The lowest BCUT2D eigenvalue weighted by Crippen LogP contribution is -2.50. The molecule has 2 aliphatic rings. The SMILES string of the molecule is COC1CC(NC(=O)C2CCNCC2)C1. The van der Waals surface area contributed by atoms with Crippen LogP contribution in [0.5, 0.6) is 0 Å². The lowest BCUT2D eigenvalue weighted by atomic mass is 9.88. The zero-order valence-electron chi connectivity index (χ0n) is 9.29. The molecule has 2 rings (SSSR count). The highest BCUT2D eigenvalue weighted by Gasteiger charge is 2.32. The van der Waals surface area contributed by atoms with Crippen LogP contribution in [0.2, 0.25) is 0 Å². The fourth-order valence-electron chi connectivity index (χ4n) is 2.28. The molecule has 0 atom stereocenters. The first kappa shape index (κ1) is 10.9. The van der Waals surface area contributed by atoms with Crippen LogP contribution >= 0.6 is 0 Å². The van der Waals surface area contributed by atoms with Crippen LogP contribution in [0.15, 0.2) is 0 Å². The monoisotopic (exact) mass is 212 g/mol. The standard InChI is InChI=1S/C11H20N2O2/c1-15-10-6-9(7-10)13-11(14)8-2-4-12-5-3-8/h8-10,12H,2-7H2,1H3,(H,13,14). The van der Waals surface area contributed by atoms with Crippen LogP contribution < -0.4 is 10.6 Å². The summed E-state index contributed by atoms with van der Waals surface area (Å²) in [6, 6.07) is 0.359. The number of carbonyl (C=O) groups is 1. The van der Waals surface area contributed by atoms with Crippen LogP contribution in [0, 0.1) is 5.92 Å². The number of rotatable bonds is 3. The Balaban J connectivity index is 1.68. The molecule has 15 heavy (non-hydrogen) atoms. The number of hydrogen-bond acceptors (Lipinski definition) is 3. The van der Waals surface area contributed by atoms with E-state index in [0.717, 1.165) is 38.8 Å². The molecule has 0 bridgehead atoms. The maximum atomic E-state index is 11.8. The summed E-state index contributed by atoms with van der Waals surface area (Å²) in [6.45, 7) is 1.95. The number of carbonyl (C=O) groups excluding carboxylic acids is 1. The van der Waals surface area contributed by atoms with E-state index < -0.39 is 0 Å². The first-order valence-electron chi connectivity index (χ1n) is 5.83. The molecule has 86 valence electrons. The number of methoxy groups -OCH3 is 1. The molecule has 2 N–H and O–H groups in total. The van der Waals surface area contributed by atoms with Crippen LogP contribution in [0.1, 0.15) is 25.7 Å². The fraction of sp³-hybridized carbons (Fsp3) is 0.909. The predicted octanol–water partition coefficient (Wildman–Crippen LogP) is 0.280. The molecule has 0 radical (unpaired) electrons. The summed E-state index contributed by atoms with van der Waals surface area (Å²) in [7, 11) is 1.73. The molecule has 0 aromatic carbocycles. The lowest BCUT2D eigenvalue weighted by Gasteiger charge is -2.36. The maximum absolute atomic E-state index is 11.8. The average molecular weight is 212 g/mol. The van der Waals surface area contributed by atoms with E-state index in [2.05, 4.69) is 10.6 Å². The lowest BCUT2D eigenvalue weighted by molar-refractivity contribution is -0.128. The van der Waals surface area contributed by atoms with Crippen LogP contribution in [0.3, 0.4) is 0 Å². The van der Waals surface area contributed by atoms with Gasteiger partial charge in [0.15, 0.2) is 0 Å². The third-order valence-corrected chi connectivity index (χ3v) is 3.48. The first-order valence-corrected chi connectivity index (χ1v) is 5.83. The molecule has 0 aromatic heterocycles. The molecule has 0 unspecified atom stereocenters. The molecule has 2 fully saturated rings. The topological polar surface area (TPSA) is 50.4 Å². The van der Waals surface area contributed by atoms with Gasteiger partial charge in [-0.1, -0.05) is 0 Å². The molecule has 1 saturated carbocycles. The van der Waals surface area contributed by atoms with Gasteiger partial charge in [0.25, 0.3) is 0 Å². The summed E-state index contributed by atoms with van der Waals surface area (Å²) >= 11 is 0. The second kappa shape index (κ2) is 4.94. The van der Waals surface area contributed by atoms with Gasteiger partial charge in [-0.3, -0.25) is 4.79 Å². The Morgan fingerprint density at radius 2 is 2.00 bits per heavy atom. The third kappa shape index (κ3) is 2.69. The minimum Gasteiger partial charge on any atom is -0.381 e. The van der Waals surface area contributed by atoms with Crippen molar-refractivity contribution in [3.05, 3.63) is 0 Å². The predicted molar refractivity (Wildman–Crippen MR) is 57.6 cm³/mol. The molecule has 0 aromatic rings. The zero-order valence-corrected chi connectivity index (χ0v) is 9.29. The molecular formula is C11H20N2O2. The third-order valence-electron chi connectivity index (χ3n) is 3.48. The summed E-state index contributed by atoms with van der Waals surface area (Å²) in [5, 5.41) is 6.37. The molecule has 1 heterocycles. The van der Waals surface area contributed by atoms with E-state index in [1.807, 2.05) is 0 Å². The van der Waals surface area contributed by atoms with E-state index in [4.69, 9.17) is 4.74 Å². The van der Waals surface area contributed by atoms with Crippen molar-refractivity contribution >= 4 is 5.91 Å². The Morgan fingerprint density at radius 1 is 1.33 bits per heavy atom. The van der Waals surface area contributed by atoms with E-state index in [-0.39, 0.29) is 11.8 Å². The number of nitrogens with one attached hydrogen (secondary N) is 2. The molecule has 4 heteroatoms. The van der Waals surface area contributed by atoms with E-state index in [1.54, 1.807) is 7.11 Å². The van der Waals surface area contributed by atoms with Crippen molar-refractivity contribution in [2.24, 2.45) is 5.92 Å². The summed E-state index contributed by atoms with van der Waals surface area (Å²) in [5.41, 5.74) is 0. The molecule has 1 aliphatic heterocycles. The minimum absolute atomic E-state index is 0.229. The van der Waals surface area contributed by atoms with E-state index in [9.17, 15) is 4.79 Å². The molecule has 1 saturated heterocycles. The smallest absolute Gasteiger partial charge is 0.223 e. The van der Waals surface area contributed by atoms with E-state index >= 15 is 0 Å². The molecule has 0 spiro atoms. The van der Waals surface area contributed by atoms with Gasteiger partial charge in [0, 0.05) is 19.1 Å². The summed E-state index contributed by atoms with van der Waals surface area (Å²) in [6.07, 6.45) is 4.28. The first-order chi connectivity index (χ1) is 7.29. The number of hydrogen-bond donors (Lipinski definition) is 2. The van der Waals surface area contributed by atoms with Crippen LogP contribution in [0.25, 0.3) is 0 Å². The normalized spacial score (nSPS) is 32.1. The Labute approximate surface area is 90.8 Å². The van der Waals surface area contributed by atoms with Gasteiger partial charge in [-0.05, 0) is 38.8 Å². The zero-order chi connectivity index (χ0) is 10.7. The van der Waals surface area contributed by atoms with Crippen LogP contribution in [-0.4, -0.2) is 38.3 Å². The summed E-state index contributed by atoms with van der Waals surface area (Å²) in [4.78, 5) is 11.8. The number of piperidine rings is 1. The van der Waals surface area contributed by atoms with Crippen molar-refractivity contribution < 1.29 is 9.53 Å². The van der Waals surface area contributed by atoms with Gasteiger partial charge in [-0.2, -0.15) is 0 Å². The van der Waals surface area contributed by atoms with Gasteiger partial charge >= 0.3 is 0 Å². The molecule has 1 aliphatic carbocycles. The van der Waals surface area contributed by atoms with Crippen LogP contribution in [0.4, 0.5) is 0 Å². The van der Waals surface area contributed by atoms with Gasteiger partial charge in [0.1, 0.15) is 0 Å². The van der Waals surface area contributed by atoms with Gasteiger partial charge in [-0.25, -0.2) is 0 Å². The number of ether oxygens (including phenoxy) is 1. The van der Waals surface area contributed by atoms with Crippen molar-refractivity contribution in [2.75, 3.05) is 20.2 Å². The second-order valence-corrected chi connectivity index (χ2v) is 4.56. The quantitative estimate of drug-likeness (QED) is 0.706. The van der Waals surface area contributed by atoms with Gasteiger partial charge < -0.3 is 15.4 Å². The van der Waals surface area contributed by atoms with Crippen molar-refractivity contribution in [3.63, 3.8) is 0 Å². The highest BCUT2D eigenvalue weighted by atomic mass is 16.5. The number of amides is 1. The van der Waals surface area contributed by atoms with Gasteiger partial charge in [0.05, 0.1) is 6.10 Å². The average Bonchev–Trinajstić information content (AvgIpc) is 2.23. The highest BCUT2D eigenvalue weighted by Crippen LogP contribution is 2.23. The van der Waals surface area contributed by atoms with Crippen molar-refractivity contribution in [1.82, 2.24) is 10.6 Å². The summed E-state index contributed by atoms with van der Waals surface area (Å²) in [5.74, 6) is 0.476. The Bertz CT molecular complexity index is 221. The van der Waals surface area contributed by atoms with Gasteiger partial charge in [0.2, 0.25) is 5.91 Å². The van der Waals surface area contributed by atoms with Crippen molar-refractivity contribution in [3.8, 4) is 0 Å². The minimum atomic E-state index is 0.229. The van der Waals surface area contributed by atoms with E-state index in [0.29, 0.717) is 12.1 Å². The highest BCUT2D eigenvalue weighted by molar-refractivity contribution is 5.79. The van der Waals surface area contributed by atoms with Crippen LogP contribution in [-0.2, 0) is 9.53 Å². The van der Waals surface area contributed by atoms with Gasteiger partial charge in [-0.15, -0.1) is 0 Å². The Hall–Kier alpha value is -0.610. The largest absolute Gasteiger partial charge is 0.381 e. The molecular weight excluding hydrogens is 192 g/mol. The Morgan fingerprint density at radius 3 is 2.60 bits per heavy atom. The van der Waals surface area contributed by atoms with E-state index in [1.165, 1.54) is 0 Å². The van der Waals surface area contributed by atoms with Crippen molar-refractivity contribution in [1.29, 1.82) is 0 Å². The Kier molecular flexibility index (Phi) is 3.59.